The lowest BCUT2D eigenvalue weighted by Gasteiger charge is -2.30. The maximum Gasteiger partial charge on any atom is 0.254 e. The molecule has 3 heteroatoms. The first kappa shape index (κ1) is 18.3. The highest BCUT2D eigenvalue weighted by Crippen LogP contribution is 2.31. The Labute approximate surface area is 166 Å². The van der Waals surface area contributed by atoms with Gasteiger partial charge in [0.1, 0.15) is 11.9 Å². The molecule has 0 N–H and O–H groups in total. The van der Waals surface area contributed by atoms with Gasteiger partial charge in [0.15, 0.2) is 0 Å². The van der Waals surface area contributed by atoms with Crippen LogP contribution in [0.3, 0.4) is 0 Å². The second-order valence-corrected chi connectivity index (χ2v) is 7.42. The SMILES string of the molecule is Cc1cccc(CN2CCc3c(O[C@H](C)c4ccccc4)cccc3C2=O)c1. The summed E-state index contributed by atoms with van der Waals surface area (Å²) in [6, 6.07) is 24.3. The first-order chi connectivity index (χ1) is 13.6. The van der Waals surface area contributed by atoms with Crippen molar-refractivity contribution in [3.05, 3.63) is 101 Å². The fourth-order valence-corrected chi connectivity index (χ4v) is 3.82. The summed E-state index contributed by atoms with van der Waals surface area (Å²) in [5.41, 5.74) is 5.30. The van der Waals surface area contributed by atoms with Crippen LogP contribution in [0.15, 0.2) is 72.8 Å². The Balaban J connectivity index is 1.54. The zero-order valence-corrected chi connectivity index (χ0v) is 16.4. The molecule has 0 aromatic heterocycles. The first-order valence-corrected chi connectivity index (χ1v) is 9.80. The predicted molar refractivity (Wildman–Crippen MR) is 112 cm³/mol. The molecule has 0 radical (unpaired) electrons. The van der Waals surface area contributed by atoms with Crippen molar-refractivity contribution in [2.45, 2.75) is 32.9 Å². The van der Waals surface area contributed by atoms with Gasteiger partial charge >= 0.3 is 0 Å². The van der Waals surface area contributed by atoms with Crippen molar-refractivity contribution in [2.24, 2.45) is 0 Å². The molecule has 3 aromatic carbocycles. The van der Waals surface area contributed by atoms with Gasteiger partial charge < -0.3 is 9.64 Å². The Morgan fingerprint density at radius 3 is 2.57 bits per heavy atom. The van der Waals surface area contributed by atoms with Gasteiger partial charge in [-0.3, -0.25) is 4.79 Å². The van der Waals surface area contributed by atoms with E-state index in [0.29, 0.717) is 13.1 Å². The van der Waals surface area contributed by atoms with Gasteiger partial charge in [0.25, 0.3) is 5.91 Å². The van der Waals surface area contributed by atoms with Crippen molar-refractivity contribution in [2.75, 3.05) is 6.54 Å². The van der Waals surface area contributed by atoms with Crippen LogP contribution in [0.4, 0.5) is 0 Å². The Kier molecular flexibility index (Phi) is 5.16. The van der Waals surface area contributed by atoms with Gasteiger partial charge in [0, 0.05) is 24.2 Å². The topological polar surface area (TPSA) is 29.5 Å². The second-order valence-electron chi connectivity index (χ2n) is 7.42. The third-order valence-corrected chi connectivity index (χ3v) is 5.31. The van der Waals surface area contributed by atoms with Crippen LogP contribution in [0.5, 0.6) is 5.75 Å². The lowest BCUT2D eigenvalue weighted by Crippen LogP contribution is -2.37. The Morgan fingerprint density at radius 1 is 1.00 bits per heavy atom. The van der Waals surface area contributed by atoms with E-state index in [1.165, 1.54) is 11.1 Å². The highest BCUT2D eigenvalue weighted by atomic mass is 16.5. The van der Waals surface area contributed by atoms with Gasteiger partial charge in [-0.25, -0.2) is 0 Å². The molecule has 0 spiro atoms. The van der Waals surface area contributed by atoms with Gasteiger partial charge in [0.05, 0.1) is 0 Å². The summed E-state index contributed by atoms with van der Waals surface area (Å²) in [6.45, 7) is 5.48. The Bertz CT molecular complexity index is 981. The third-order valence-electron chi connectivity index (χ3n) is 5.31. The molecule has 142 valence electrons. The maximum atomic E-state index is 13.1. The summed E-state index contributed by atoms with van der Waals surface area (Å²) >= 11 is 0. The molecule has 0 saturated carbocycles. The van der Waals surface area contributed by atoms with Crippen LogP contribution < -0.4 is 4.74 Å². The third kappa shape index (κ3) is 3.79. The van der Waals surface area contributed by atoms with Crippen LogP contribution in [-0.4, -0.2) is 17.4 Å². The number of fused-ring (bicyclic) bond motifs is 1. The molecule has 0 aliphatic carbocycles. The maximum absolute atomic E-state index is 13.1. The van der Waals surface area contributed by atoms with Crippen LogP contribution in [0.1, 0.15) is 45.6 Å². The number of benzene rings is 3. The summed E-state index contributed by atoms with van der Waals surface area (Å²) in [7, 11) is 0. The quantitative estimate of drug-likeness (QED) is 0.606. The average Bonchev–Trinajstić information content (AvgIpc) is 2.71. The fourth-order valence-electron chi connectivity index (χ4n) is 3.82. The molecular formula is C25H25NO2. The molecule has 0 saturated heterocycles. The number of aryl methyl sites for hydroxylation is 1. The van der Waals surface area contributed by atoms with Gasteiger partial charge in [-0.1, -0.05) is 66.2 Å². The number of ether oxygens (including phenoxy) is 1. The van der Waals surface area contributed by atoms with Crippen LogP contribution >= 0.6 is 0 Å². The zero-order valence-electron chi connectivity index (χ0n) is 16.4. The number of hydrogen-bond acceptors (Lipinski definition) is 2. The largest absolute Gasteiger partial charge is 0.486 e. The van der Waals surface area contributed by atoms with E-state index in [0.717, 1.165) is 28.9 Å². The predicted octanol–water partition coefficient (Wildman–Crippen LogP) is 5.33. The fraction of sp³-hybridized carbons (Fsp3) is 0.240. The molecule has 3 aromatic rings. The number of amides is 1. The summed E-state index contributed by atoms with van der Waals surface area (Å²) in [6.07, 6.45) is 0.748. The number of carbonyl (C=O) groups excluding carboxylic acids is 1. The van der Waals surface area contributed by atoms with E-state index in [-0.39, 0.29) is 12.0 Å². The zero-order chi connectivity index (χ0) is 19.5. The minimum absolute atomic E-state index is 0.0619. The summed E-state index contributed by atoms with van der Waals surface area (Å²) in [5, 5.41) is 0. The summed E-state index contributed by atoms with van der Waals surface area (Å²) < 4.78 is 6.25. The van der Waals surface area contributed by atoms with Crippen molar-refractivity contribution in [1.29, 1.82) is 0 Å². The van der Waals surface area contributed by atoms with Gasteiger partial charge in [0.2, 0.25) is 0 Å². The van der Waals surface area contributed by atoms with E-state index in [2.05, 4.69) is 37.3 Å². The van der Waals surface area contributed by atoms with E-state index >= 15 is 0 Å². The minimum atomic E-state index is -0.0619. The smallest absolute Gasteiger partial charge is 0.254 e. The minimum Gasteiger partial charge on any atom is -0.486 e. The van der Waals surface area contributed by atoms with Gasteiger partial charge in [-0.15, -0.1) is 0 Å². The molecule has 28 heavy (non-hydrogen) atoms. The van der Waals surface area contributed by atoms with Crippen molar-refractivity contribution in [3.8, 4) is 5.75 Å². The molecule has 0 bridgehead atoms. The molecule has 3 nitrogen and oxygen atoms in total. The molecule has 0 fully saturated rings. The molecule has 0 unspecified atom stereocenters. The number of carbonyl (C=O) groups is 1. The molecule has 1 aliphatic rings. The van der Waals surface area contributed by atoms with Crippen molar-refractivity contribution in [1.82, 2.24) is 4.90 Å². The van der Waals surface area contributed by atoms with Crippen LogP contribution in [0.2, 0.25) is 0 Å². The Hall–Kier alpha value is -3.07. The van der Waals surface area contributed by atoms with Crippen molar-refractivity contribution in [3.63, 3.8) is 0 Å². The normalized spacial score (nSPS) is 14.5. The second kappa shape index (κ2) is 7.89. The lowest BCUT2D eigenvalue weighted by atomic mass is 9.97. The average molecular weight is 371 g/mol. The monoisotopic (exact) mass is 371 g/mol. The highest BCUT2D eigenvalue weighted by Gasteiger charge is 2.27. The number of hydrogen-bond donors (Lipinski definition) is 0. The molecular weight excluding hydrogens is 346 g/mol. The van der Waals surface area contributed by atoms with Crippen LogP contribution in [-0.2, 0) is 13.0 Å². The van der Waals surface area contributed by atoms with Crippen molar-refractivity contribution >= 4 is 5.91 Å². The number of rotatable bonds is 5. The molecule has 1 atom stereocenters. The molecule has 4 rings (SSSR count). The van der Waals surface area contributed by atoms with E-state index in [9.17, 15) is 4.79 Å². The molecule has 1 aliphatic heterocycles. The van der Waals surface area contributed by atoms with Crippen molar-refractivity contribution < 1.29 is 9.53 Å². The van der Waals surface area contributed by atoms with E-state index in [1.807, 2.05) is 54.3 Å². The van der Waals surface area contributed by atoms with E-state index in [1.54, 1.807) is 0 Å². The lowest BCUT2D eigenvalue weighted by molar-refractivity contribution is 0.0724. The summed E-state index contributed by atoms with van der Waals surface area (Å²) in [4.78, 5) is 15.0. The first-order valence-electron chi connectivity index (χ1n) is 9.80. The standard InChI is InChI=1S/C25H25NO2/c1-18-8-6-9-20(16-18)17-26-15-14-22-23(25(26)27)12-7-13-24(22)28-19(2)21-10-4-3-5-11-21/h3-13,16,19H,14-15,17H2,1-2H3/t19-/m1/s1. The van der Waals surface area contributed by atoms with Crippen LogP contribution in [0, 0.1) is 6.92 Å². The van der Waals surface area contributed by atoms with E-state index in [4.69, 9.17) is 4.74 Å². The van der Waals surface area contributed by atoms with Gasteiger partial charge in [-0.2, -0.15) is 0 Å². The molecule has 1 heterocycles. The van der Waals surface area contributed by atoms with Gasteiger partial charge in [-0.05, 0) is 43.5 Å². The van der Waals surface area contributed by atoms with Crippen LogP contribution in [0.25, 0.3) is 0 Å². The van der Waals surface area contributed by atoms with E-state index < -0.39 is 0 Å². The molecule has 1 amide bonds. The highest BCUT2D eigenvalue weighted by molar-refractivity contribution is 5.97. The summed E-state index contributed by atoms with van der Waals surface area (Å²) in [5.74, 6) is 0.901. The number of nitrogens with zero attached hydrogens (tertiary/aromatic N) is 1. The Morgan fingerprint density at radius 2 is 1.79 bits per heavy atom.